The van der Waals surface area contributed by atoms with Gasteiger partial charge in [0, 0.05) is 22.5 Å². The summed E-state index contributed by atoms with van der Waals surface area (Å²) in [4.78, 5) is 19.4. The normalized spacial score (nSPS) is 34.5. The Kier molecular flexibility index (Phi) is 5.38. The van der Waals surface area contributed by atoms with E-state index in [2.05, 4.69) is 28.2 Å². The maximum absolute atomic E-state index is 12.6. The Labute approximate surface area is 198 Å². The molecule has 4 fully saturated rings. The second-order valence-corrected chi connectivity index (χ2v) is 10.7. The smallest absolute Gasteiger partial charge is 0.229 e. The molecule has 5 atom stereocenters. The van der Waals surface area contributed by atoms with Gasteiger partial charge in [-0.3, -0.25) is 9.69 Å². The SMILES string of the molecule is C[C@]1(N2CCC(c3cc4cc(NC(=O)C5C6COC[C@H]65)ncc4cc3Cl)CC2)COC[C@H]1O. The fraction of sp³-hybridized carbons (Fsp3) is 0.600. The minimum Gasteiger partial charge on any atom is -0.389 e. The number of fused-ring (bicyclic) bond motifs is 2. The van der Waals surface area contributed by atoms with Crippen molar-refractivity contribution in [3.8, 4) is 0 Å². The number of nitrogens with one attached hydrogen (secondary N) is 1. The van der Waals surface area contributed by atoms with Crippen LogP contribution in [0.2, 0.25) is 5.02 Å². The molecule has 0 radical (unpaired) electrons. The van der Waals surface area contributed by atoms with Gasteiger partial charge in [0.1, 0.15) is 5.82 Å². The molecule has 3 aliphatic heterocycles. The second kappa shape index (κ2) is 8.17. The molecule has 1 aliphatic carbocycles. The third-order valence-electron chi connectivity index (χ3n) is 8.39. The van der Waals surface area contributed by atoms with Crippen molar-refractivity contribution in [2.75, 3.05) is 44.8 Å². The fourth-order valence-electron chi connectivity index (χ4n) is 6.06. The zero-order valence-corrected chi connectivity index (χ0v) is 19.6. The number of piperidine rings is 1. The van der Waals surface area contributed by atoms with Crippen molar-refractivity contribution in [2.24, 2.45) is 17.8 Å². The highest BCUT2D eigenvalue weighted by molar-refractivity contribution is 6.32. The lowest BCUT2D eigenvalue weighted by atomic mass is 9.85. The number of amides is 1. The van der Waals surface area contributed by atoms with Crippen LogP contribution in [0.5, 0.6) is 0 Å². The Morgan fingerprint density at radius 3 is 2.61 bits per heavy atom. The van der Waals surface area contributed by atoms with Crippen LogP contribution in [0.15, 0.2) is 24.4 Å². The number of pyridine rings is 1. The lowest BCUT2D eigenvalue weighted by Crippen LogP contribution is -2.56. The number of hydrogen-bond donors (Lipinski definition) is 2. The summed E-state index contributed by atoms with van der Waals surface area (Å²) in [5, 5.41) is 16.2. The molecule has 1 amide bonds. The summed E-state index contributed by atoms with van der Waals surface area (Å²) in [6.07, 6.45) is 3.30. The molecule has 1 saturated carbocycles. The van der Waals surface area contributed by atoms with Crippen LogP contribution in [0, 0.1) is 17.8 Å². The minimum absolute atomic E-state index is 0.0493. The minimum atomic E-state index is -0.442. The van der Waals surface area contributed by atoms with Crippen molar-refractivity contribution >= 4 is 34.1 Å². The van der Waals surface area contributed by atoms with E-state index in [1.54, 1.807) is 6.20 Å². The highest BCUT2D eigenvalue weighted by Crippen LogP contribution is 2.51. The van der Waals surface area contributed by atoms with E-state index in [1.807, 2.05) is 12.1 Å². The van der Waals surface area contributed by atoms with E-state index in [0.29, 0.717) is 50.0 Å². The van der Waals surface area contributed by atoms with Gasteiger partial charge in [0.25, 0.3) is 0 Å². The summed E-state index contributed by atoms with van der Waals surface area (Å²) < 4.78 is 10.9. The second-order valence-electron chi connectivity index (χ2n) is 10.3. The average Bonchev–Trinajstić information content (AvgIpc) is 3.09. The molecule has 2 unspecified atom stereocenters. The summed E-state index contributed by atoms with van der Waals surface area (Å²) in [6.45, 7) is 6.28. The van der Waals surface area contributed by atoms with Crippen LogP contribution in [0.4, 0.5) is 5.82 Å². The number of likely N-dealkylation sites (tertiary alicyclic amines) is 1. The predicted octanol–water partition coefficient (Wildman–Crippen LogP) is 3.05. The standard InChI is InChI=1S/C25H30ClN3O4/c1-25(13-33-12-21(25)30)29-4-2-14(3-5-29)17-6-15-8-22(27-9-16(15)7-20(17)26)28-24(31)23-18-10-32-11-19(18)23/h6-9,14,18-19,21,23,30H,2-5,10-13H2,1H3,(H,27,28,31)/t18-,19?,21-,23?,25+/m1/s1. The molecule has 8 heteroatoms. The Hall–Kier alpha value is -1.77. The van der Waals surface area contributed by atoms with Gasteiger partial charge in [0.15, 0.2) is 0 Å². The van der Waals surface area contributed by atoms with Gasteiger partial charge in [-0.15, -0.1) is 0 Å². The molecule has 4 aliphatic rings. The molecule has 3 saturated heterocycles. The zero-order valence-electron chi connectivity index (χ0n) is 18.8. The molecule has 7 nitrogen and oxygen atoms in total. The fourth-order valence-corrected chi connectivity index (χ4v) is 6.39. The third-order valence-corrected chi connectivity index (χ3v) is 8.72. The third kappa shape index (κ3) is 3.74. The van der Waals surface area contributed by atoms with Gasteiger partial charge in [-0.1, -0.05) is 11.6 Å². The number of aliphatic hydroxyl groups is 1. The van der Waals surface area contributed by atoms with Crippen molar-refractivity contribution in [1.82, 2.24) is 9.88 Å². The van der Waals surface area contributed by atoms with E-state index in [0.717, 1.165) is 47.3 Å². The number of anilines is 1. The number of ether oxygens (including phenoxy) is 2. The maximum Gasteiger partial charge on any atom is 0.229 e. The molecule has 2 N–H and O–H groups in total. The number of benzene rings is 1. The van der Waals surface area contributed by atoms with Crippen molar-refractivity contribution in [2.45, 2.75) is 37.3 Å². The number of carbonyl (C=O) groups is 1. The maximum atomic E-state index is 12.6. The number of hydrogen-bond acceptors (Lipinski definition) is 6. The molecule has 1 aromatic carbocycles. The Balaban J connectivity index is 1.17. The van der Waals surface area contributed by atoms with Gasteiger partial charge < -0.3 is 19.9 Å². The molecule has 1 aromatic heterocycles. The number of rotatable bonds is 4. The van der Waals surface area contributed by atoms with Crippen molar-refractivity contribution in [3.05, 3.63) is 35.0 Å². The predicted molar refractivity (Wildman–Crippen MR) is 125 cm³/mol. The van der Waals surface area contributed by atoms with E-state index < -0.39 is 6.10 Å². The first kappa shape index (κ1) is 21.7. The van der Waals surface area contributed by atoms with E-state index >= 15 is 0 Å². The van der Waals surface area contributed by atoms with Crippen molar-refractivity contribution < 1.29 is 19.4 Å². The van der Waals surface area contributed by atoms with Crippen LogP contribution < -0.4 is 5.32 Å². The molecule has 4 heterocycles. The Bertz CT molecular complexity index is 1080. The van der Waals surface area contributed by atoms with Crippen LogP contribution in [-0.4, -0.2) is 72.1 Å². The lowest BCUT2D eigenvalue weighted by molar-refractivity contribution is -0.118. The summed E-state index contributed by atoms with van der Waals surface area (Å²) in [7, 11) is 0. The van der Waals surface area contributed by atoms with Crippen LogP contribution >= 0.6 is 11.6 Å². The Morgan fingerprint density at radius 2 is 1.91 bits per heavy atom. The van der Waals surface area contributed by atoms with Gasteiger partial charge in [0.2, 0.25) is 5.91 Å². The first-order valence-electron chi connectivity index (χ1n) is 11.9. The number of carbonyl (C=O) groups excluding carboxylic acids is 1. The molecular formula is C25H30ClN3O4. The van der Waals surface area contributed by atoms with Crippen molar-refractivity contribution in [3.63, 3.8) is 0 Å². The van der Waals surface area contributed by atoms with Crippen LogP contribution in [0.3, 0.4) is 0 Å². The van der Waals surface area contributed by atoms with E-state index in [-0.39, 0.29) is 17.4 Å². The quantitative estimate of drug-likeness (QED) is 0.713. The topological polar surface area (TPSA) is 83.9 Å². The average molecular weight is 472 g/mol. The van der Waals surface area contributed by atoms with Crippen LogP contribution in [0.25, 0.3) is 10.8 Å². The van der Waals surface area contributed by atoms with Gasteiger partial charge in [0.05, 0.1) is 38.1 Å². The largest absolute Gasteiger partial charge is 0.389 e. The van der Waals surface area contributed by atoms with E-state index in [4.69, 9.17) is 21.1 Å². The van der Waals surface area contributed by atoms with Gasteiger partial charge >= 0.3 is 0 Å². The van der Waals surface area contributed by atoms with Gasteiger partial charge in [-0.05, 0) is 79.8 Å². The first-order chi connectivity index (χ1) is 15.9. The summed E-state index contributed by atoms with van der Waals surface area (Å²) >= 11 is 6.70. The molecular weight excluding hydrogens is 442 g/mol. The first-order valence-corrected chi connectivity index (χ1v) is 12.3. The van der Waals surface area contributed by atoms with Crippen LogP contribution in [0.1, 0.15) is 31.2 Å². The van der Waals surface area contributed by atoms with Crippen molar-refractivity contribution in [1.29, 1.82) is 0 Å². The molecule has 2 aromatic rings. The number of halogens is 1. The number of nitrogens with zero attached hydrogens (tertiary/aromatic N) is 2. The molecule has 6 rings (SSSR count). The molecule has 0 spiro atoms. The number of aromatic nitrogens is 1. The highest BCUT2D eigenvalue weighted by Gasteiger charge is 2.58. The highest BCUT2D eigenvalue weighted by atomic mass is 35.5. The van der Waals surface area contributed by atoms with Crippen LogP contribution in [-0.2, 0) is 14.3 Å². The summed E-state index contributed by atoms with van der Waals surface area (Å²) in [6, 6.07) is 6.09. The monoisotopic (exact) mass is 471 g/mol. The Morgan fingerprint density at radius 1 is 1.15 bits per heavy atom. The van der Waals surface area contributed by atoms with E-state index in [1.165, 1.54) is 0 Å². The number of aliphatic hydroxyl groups excluding tert-OH is 1. The van der Waals surface area contributed by atoms with Gasteiger partial charge in [-0.2, -0.15) is 0 Å². The molecule has 33 heavy (non-hydrogen) atoms. The zero-order chi connectivity index (χ0) is 22.7. The molecule has 0 bridgehead atoms. The van der Waals surface area contributed by atoms with Gasteiger partial charge in [-0.25, -0.2) is 4.98 Å². The van der Waals surface area contributed by atoms with E-state index in [9.17, 15) is 9.90 Å². The summed E-state index contributed by atoms with van der Waals surface area (Å²) in [5.41, 5.74) is 0.845. The molecule has 176 valence electrons. The summed E-state index contributed by atoms with van der Waals surface area (Å²) in [5.74, 6) is 1.81. The lowest BCUT2D eigenvalue weighted by Gasteiger charge is -2.43.